The van der Waals surface area contributed by atoms with Gasteiger partial charge in [-0.3, -0.25) is 0 Å². The summed E-state index contributed by atoms with van der Waals surface area (Å²) in [7, 11) is 5.59. The Morgan fingerprint density at radius 3 is 2.62 bits per heavy atom. The molecule has 2 N–H and O–H groups in total. The maximum absolute atomic E-state index is 9.72. The van der Waals surface area contributed by atoms with Crippen LogP contribution >= 0.6 is 0 Å². The van der Waals surface area contributed by atoms with Crippen molar-refractivity contribution in [1.29, 1.82) is 0 Å². The van der Waals surface area contributed by atoms with E-state index in [9.17, 15) is 5.11 Å². The minimum atomic E-state index is -1.00. The number of hydrogen-bond donors (Lipinski definition) is 2. The average molecular weight is 186 g/mol. The van der Waals surface area contributed by atoms with Gasteiger partial charge in [0.1, 0.15) is 25.7 Å². The lowest BCUT2D eigenvalue weighted by atomic mass is 9.90. The highest BCUT2D eigenvalue weighted by Crippen LogP contribution is 2.31. The van der Waals surface area contributed by atoms with E-state index in [1.54, 1.807) is 6.92 Å². The van der Waals surface area contributed by atoms with Gasteiger partial charge in [-0.2, -0.15) is 0 Å². The Morgan fingerprint density at radius 1 is 1.62 bits per heavy atom. The van der Waals surface area contributed by atoms with Crippen LogP contribution in [0.4, 0.5) is 0 Å². The van der Waals surface area contributed by atoms with Gasteiger partial charge in [0.05, 0.1) is 6.61 Å². The summed E-state index contributed by atoms with van der Waals surface area (Å²) in [6.45, 7) is 3.61. The molecule has 0 spiro atoms. The van der Waals surface area contributed by atoms with Crippen molar-refractivity contribution in [3.05, 3.63) is 0 Å². The number of aliphatic hydroxyl groups excluding tert-OH is 2. The predicted molar refractivity (Wildman–Crippen MR) is 47.5 cm³/mol. The van der Waals surface area contributed by atoms with Crippen LogP contribution < -0.4 is 0 Å². The first kappa shape index (κ1) is 11.0. The van der Waals surface area contributed by atoms with Gasteiger partial charge in [0.2, 0.25) is 0 Å². The highest BCUT2D eigenvalue weighted by Gasteiger charge is 2.49. The van der Waals surface area contributed by atoms with Gasteiger partial charge in [-0.1, -0.05) is 0 Å². The zero-order chi connectivity index (χ0) is 10.1. The van der Waals surface area contributed by atoms with Crippen molar-refractivity contribution in [3.8, 4) is 0 Å². The second-order valence-electron chi connectivity index (χ2n) is 3.42. The second-order valence-corrected chi connectivity index (χ2v) is 3.42. The highest BCUT2D eigenvalue weighted by molar-refractivity contribution is 6.11. The summed E-state index contributed by atoms with van der Waals surface area (Å²) in [6, 6.07) is -0.674. The standard InChI is InChI=1S/C8H15BO4/c1-3-12-5-6(11)8(2,4-10)13-7(5)9/h5-7,10-11H,3-4H2,1-2H3/t5-,6+,7-,8-/m1/s1. The molecule has 5 heteroatoms. The molecule has 1 rings (SSSR count). The largest absolute Gasteiger partial charge is 0.393 e. The summed E-state index contributed by atoms with van der Waals surface area (Å²) in [5, 5.41) is 18.7. The molecule has 0 bridgehead atoms. The highest BCUT2D eigenvalue weighted by atomic mass is 16.6. The third-order valence-corrected chi connectivity index (χ3v) is 2.34. The second kappa shape index (κ2) is 3.96. The number of rotatable bonds is 3. The zero-order valence-electron chi connectivity index (χ0n) is 7.93. The van der Waals surface area contributed by atoms with Gasteiger partial charge >= 0.3 is 0 Å². The van der Waals surface area contributed by atoms with Gasteiger partial charge in [-0.15, -0.1) is 0 Å². The first-order valence-electron chi connectivity index (χ1n) is 4.39. The maximum Gasteiger partial charge on any atom is 0.116 e. The summed E-state index contributed by atoms with van der Waals surface area (Å²) in [4.78, 5) is 0. The van der Waals surface area contributed by atoms with E-state index >= 15 is 0 Å². The Hall–Kier alpha value is -0.0951. The third-order valence-electron chi connectivity index (χ3n) is 2.34. The van der Waals surface area contributed by atoms with E-state index in [-0.39, 0.29) is 6.61 Å². The molecule has 1 fully saturated rings. The summed E-state index contributed by atoms with van der Waals surface area (Å²) in [5.74, 6) is 0. The van der Waals surface area contributed by atoms with E-state index < -0.39 is 23.8 Å². The molecular formula is C8H15BO4. The lowest BCUT2D eigenvalue weighted by Gasteiger charge is -2.25. The Balaban J connectivity index is 2.68. The van der Waals surface area contributed by atoms with Gasteiger partial charge < -0.3 is 19.7 Å². The van der Waals surface area contributed by atoms with Crippen LogP contribution in [0.2, 0.25) is 0 Å². The van der Waals surface area contributed by atoms with Gasteiger partial charge in [-0.25, -0.2) is 0 Å². The first-order valence-corrected chi connectivity index (χ1v) is 4.39. The molecule has 74 valence electrons. The van der Waals surface area contributed by atoms with Crippen LogP contribution in [-0.2, 0) is 9.47 Å². The minimum Gasteiger partial charge on any atom is -0.393 e. The molecule has 1 saturated heterocycles. The number of aliphatic hydroxyl groups is 2. The molecule has 1 aliphatic rings. The van der Waals surface area contributed by atoms with Crippen LogP contribution in [0.25, 0.3) is 0 Å². The van der Waals surface area contributed by atoms with Crippen molar-refractivity contribution >= 4 is 7.85 Å². The van der Waals surface area contributed by atoms with Gasteiger partial charge in [0.15, 0.2) is 0 Å². The molecule has 4 atom stereocenters. The number of hydrogen-bond acceptors (Lipinski definition) is 4. The maximum atomic E-state index is 9.72. The third kappa shape index (κ3) is 1.88. The molecule has 0 aromatic heterocycles. The van der Waals surface area contributed by atoms with E-state index in [1.165, 1.54) is 0 Å². The van der Waals surface area contributed by atoms with Crippen molar-refractivity contribution in [1.82, 2.24) is 0 Å². The van der Waals surface area contributed by atoms with E-state index in [4.69, 9.17) is 22.4 Å². The smallest absolute Gasteiger partial charge is 0.116 e. The topological polar surface area (TPSA) is 58.9 Å². The van der Waals surface area contributed by atoms with E-state index in [2.05, 4.69) is 0 Å². The summed E-state index contributed by atoms with van der Waals surface area (Å²) in [6.07, 6.45) is -1.44. The van der Waals surface area contributed by atoms with Crippen molar-refractivity contribution in [3.63, 3.8) is 0 Å². The molecule has 2 radical (unpaired) electrons. The summed E-state index contributed by atoms with van der Waals surface area (Å²) >= 11 is 0. The normalized spacial score (nSPS) is 45.4. The molecule has 13 heavy (non-hydrogen) atoms. The zero-order valence-corrected chi connectivity index (χ0v) is 7.93. The molecule has 0 aromatic carbocycles. The number of ether oxygens (including phenoxy) is 2. The molecule has 0 unspecified atom stereocenters. The first-order chi connectivity index (χ1) is 6.05. The van der Waals surface area contributed by atoms with Crippen LogP contribution in [0.3, 0.4) is 0 Å². The molecule has 1 aliphatic heterocycles. The molecule has 1 heterocycles. The van der Waals surface area contributed by atoms with E-state index in [1.807, 2.05) is 6.92 Å². The molecule has 0 aromatic rings. The Kier molecular flexibility index (Phi) is 3.35. The van der Waals surface area contributed by atoms with Crippen LogP contribution in [0.15, 0.2) is 0 Å². The van der Waals surface area contributed by atoms with Gasteiger partial charge in [0.25, 0.3) is 0 Å². The van der Waals surface area contributed by atoms with Crippen LogP contribution in [0.5, 0.6) is 0 Å². The molecular weight excluding hydrogens is 171 g/mol. The monoisotopic (exact) mass is 186 g/mol. The lowest BCUT2D eigenvalue weighted by molar-refractivity contribution is -0.0888. The van der Waals surface area contributed by atoms with Gasteiger partial charge in [-0.05, 0) is 13.8 Å². The molecule has 0 aliphatic carbocycles. The fraction of sp³-hybridized carbons (Fsp3) is 1.00. The molecule has 0 amide bonds. The van der Waals surface area contributed by atoms with Crippen LogP contribution in [0.1, 0.15) is 13.8 Å². The van der Waals surface area contributed by atoms with Crippen molar-refractivity contribution in [2.24, 2.45) is 0 Å². The Labute approximate surface area is 79.3 Å². The summed E-state index contributed by atoms with van der Waals surface area (Å²) < 4.78 is 10.4. The minimum absolute atomic E-state index is 0.272. The quantitative estimate of drug-likeness (QED) is 0.556. The molecule has 4 nitrogen and oxygen atoms in total. The Morgan fingerprint density at radius 2 is 2.23 bits per heavy atom. The van der Waals surface area contributed by atoms with E-state index in [0.29, 0.717) is 6.61 Å². The predicted octanol–water partition coefficient (Wildman–Crippen LogP) is -0.972. The Bertz CT molecular complexity index is 178. The fourth-order valence-corrected chi connectivity index (χ4v) is 1.48. The SMILES string of the molecule is [B][C@@H]1O[C@](C)(CO)[C@@H](O)[C@H]1OCC. The molecule has 0 saturated carbocycles. The van der Waals surface area contributed by atoms with Crippen molar-refractivity contribution < 1.29 is 19.7 Å². The summed E-state index contributed by atoms with van der Waals surface area (Å²) in [5.41, 5.74) is -1.00. The average Bonchev–Trinajstić information content (AvgIpc) is 2.31. The van der Waals surface area contributed by atoms with Gasteiger partial charge in [0, 0.05) is 12.6 Å². The fourth-order valence-electron chi connectivity index (χ4n) is 1.48. The van der Waals surface area contributed by atoms with Crippen molar-refractivity contribution in [2.75, 3.05) is 13.2 Å². The lowest BCUT2D eigenvalue weighted by Crippen LogP contribution is -2.44. The van der Waals surface area contributed by atoms with Crippen molar-refractivity contribution in [2.45, 2.75) is 37.7 Å². The van der Waals surface area contributed by atoms with E-state index in [0.717, 1.165) is 0 Å². The van der Waals surface area contributed by atoms with Crippen LogP contribution in [0, 0.1) is 0 Å². The van der Waals surface area contributed by atoms with Crippen LogP contribution in [-0.4, -0.2) is 55.1 Å².